The molecule has 112 valence electrons. The Morgan fingerprint density at radius 1 is 1.25 bits per heavy atom. The first-order valence-electron chi connectivity index (χ1n) is 7.93. The predicted molar refractivity (Wildman–Crippen MR) is 85.4 cm³/mol. The Morgan fingerprint density at radius 3 is 2.75 bits per heavy atom. The van der Waals surface area contributed by atoms with E-state index in [0.29, 0.717) is 11.2 Å². The molecule has 1 aromatic rings. The molecule has 0 amide bonds. The molecule has 4 heteroatoms. The minimum Gasteiger partial charge on any atom is -0.367 e. The molecule has 2 rings (SSSR count). The normalized spacial score (nSPS) is 22.8. The van der Waals surface area contributed by atoms with Gasteiger partial charge < -0.3 is 5.32 Å². The molecule has 2 unspecified atom stereocenters. The average molecular weight is 296 g/mol. The summed E-state index contributed by atoms with van der Waals surface area (Å²) in [5.74, 6) is 2.65. The van der Waals surface area contributed by atoms with Crippen LogP contribution in [0.5, 0.6) is 0 Å². The van der Waals surface area contributed by atoms with Gasteiger partial charge in [0.2, 0.25) is 0 Å². The van der Waals surface area contributed by atoms with Crippen molar-refractivity contribution in [3.8, 4) is 0 Å². The van der Waals surface area contributed by atoms with E-state index in [4.69, 9.17) is 11.6 Å². The summed E-state index contributed by atoms with van der Waals surface area (Å²) in [5, 5.41) is 4.21. The molecule has 3 nitrogen and oxygen atoms in total. The highest BCUT2D eigenvalue weighted by Gasteiger charge is 2.22. The van der Waals surface area contributed by atoms with E-state index >= 15 is 0 Å². The number of anilines is 1. The SMILES string of the molecule is CCCc1nc(Cl)c(C)c(NC2CCCC(CC)C2)n1. The number of nitrogens with one attached hydrogen (secondary N) is 1. The zero-order valence-electron chi connectivity index (χ0n) is 12.9. The van der Waals surface area contributed by atoms with Crippen LogP contribution in [-0.2, 0) is 6.42 Å². The topological polar surface area (TPSA) is 37.8 Å². The number of halogens is 1. The Labute approximate surface area is 127 Å². The monoisotopic (exact) mass is 295 g/mol. The summed E-state index contributed by atoms with van der Waals surface area (Å²) in [6.07, 6.45) is 8.39. The molecule has 0 aliphatic heterocycles. The van der Waals surface area contributed by atoms with Crippen molar-refractivity contribution in [1.82, 2.24) is 9.97 Å². The van der Waals surface area contributed by atoms with E-state index in [-0.39, 0.29) is 0 Å². The van der Waals surface area contributed by atoms with Crippen molar-refractivity contribution in [2.45, 2.75) is 71.8 Å². The molecule has 0 radical (unpaired) electrons. The molecule has 1 saturated carbocycles. The highest BCUT2D eigenvalue weighted by molar-refractivity contribution is 6.30. The van der Waals surface area contributed by atoms with E-state index < -0.39 is 0 Å². The minimum absolute atomic E-state index is 0.535. The number of hydrogen-bond acceptors (Lipinski definition) is 3. The van der Waals surface area contributed by atoms with Gasteiger partial charge in [-0.05, 0) is 32.1 Å². The first-order chi connectivity index (χ1) is 9.63. The van der Waals surface area contributed by atoms with E-state index in [2.05, 4.69) is 29.1 Å². The fraction of sp³-hybridized carbons (Fsp3) is 0.750. The van der Waals surface area contributed by atoms with Crippen LogP contribution in [0.15, 0.2) is 0 Å². The van der Waals surface area contributed by atoms with E-state index in [1.165, 1.54) is 32.1 Å². The maximum atomic E-state index is 6.24. The number of aryl methyl sites for hydroxylation is 1. The largest absolute Gasteiger partial charge is 0.367 e. The van der Waals surface area contributed by atoms with Crippen molar-refractivity contribution in [2.24, 2.45) is 5.92 Å². The lowest BCUT2D eigenvalue weighted by Gasteiger charge is -2.30. The maximum absolute atomic E-state index is 6.24. The summed E-state index contributed by atoms with van der Waals surface area (Å²) >= 11 is 6.24. The fourth-order valence-electron chi connectivity index (χ4n) is 2.99. The van der Waals surface area contributed by atoms with Crippen molar-refractivity contribution in [1.29, 1.82) is 0 Å². The van der Waals surface area contributed by atoms with Gasteiger partial charge in [0, 0.05) is 18.0 Å². The summed E-state index contributed by atoms with van der Waals surface area (Å²) in [5.41, 5.74) is 0.977. The quantitative estimate of drug-likeness (QED) is 0.795. The Balaban J connectivity index is 2.11. The fourth-order valence-corrected chi connectivity index (χ4v) is 3.18. The molecule has 1 fully saturated rings. The van der Waals surface area contributed by atoms with Crippen molar-refractivity contribution < 1.29 is 0 Å². The molecule has 0 saturated heterocycles. The Morgan fingerprint density at radius 2 is 2.05 bits per heavy atom. The first-order valence-corrected chi connectivity index (χ1v) is 8.31. The van der Waals surface area contributed by atoms with Gasteiger partial charge >= 0.3 is 0 Å². The van der Waals surface area contributed by atoms with Crippen LogP contribution in [0.25, 0.3) is 0 Å². The molecule has 1 heterocycles. The van der Waals surface area contributed by atoms with E-state index in [1.807, 2.05) is 6.92 Å². The second-order valence-electron chi connectivity index (χ2n) is 5.94. The zero-order chi connectivity index (χ0) is 14.5. The Kier molecular flexibility index (Phi) is 5.64. The summed E-state index contributed by atoms with van der Waals surface area (Å²) < 4.78 is 0. The van der Waals surface area contributed by atoms with Crippen molar-refractivity contribution in [2.75, 3.05) is 5.32 Å². The van der Waals surface area contributed by atoms with Gasteiger partial charge in [-0.3, -0.25) is 0 Å². The Hall–Kier alpha value is -0.830. The molecule has 1 aromatic heterocycles. The van der Waals surface area contributed by atoms with Crippen molar-refractivity contribution in [3.63, 3.8) is 0 Å². The van der Waals surface area contributed by atoms with Gasteiger partial charge in [-0.2, -0.15) is 0 Å². The highest BCUT2D eigenvalue weighted by Crippen LogP contribution is 2.30. The summed E-state index contributed by atoms with van der Waals surface area (Å²) in [4.78, 5) is 9.02. The van der Waals surface area contributed by atoms with Crippen LogP contribution in [-0.4, -0.2) is 16.0 Å². The summed E-state index contributed by atoms with van der Waals surface area (Å²) in [7, 11) is 0. The molecule has 20 heavy (non-hydrogen) atoms. The minimum atomic E-state index is 0.535. The smallest absolute Gasteiger partial charge is 0.137 e. The summed E-state index contributed by atoms with van der Waals surface area (Å²) in [6, 6.07) is 0.535. The van der Waals surface area contributed by atoms with Gasteiger partial charge in [0.05, 0.1) is 0 Å². The molecule has 0 aromatic carbocycles. The summed E-state index contributed by atoms with van der Waals surface area (Å²) in [6.45, 7) is 6.43. The van der Waals surface area contributed by atoms with Gasteiger partial charge in [-0.25, -0.2) is 9.97 Å². The first kappa shape index (κ1) is 15.6. The van der Waals surface area contributed by atoms with Crippen LogP contribution in [0, 0.1) is 12.8 Å². The van der Waals surface area contributed by atoms with Gasteiger partial charge in [-0.15, -0.1) is 0 Å². The maximum Gasteiger partial charge on any atom is 0.137 e. The molecule has 0 spiro atoms. The van der Waals surface area contributed by atoms with Crippen LogP contribution >= 0.6 is 11.6 Å². The van der Waals surface area contributed by atoms with Gasteiger partial charge in [-0.1, -0.05) is 44.7 Å². The molecular weight excluding hydrogens is 270 g/mol. The van der Waals surface area contributed by atoms with E-state index in [0.717, 1.165) is 36.0 Å². The number of aromatic nitrogens is 2. The molecule has 1 N–H and O–H groups in total. The van der Waals surface area contributed by atoms with Crippen molar-refractivity contribution in [3.05, 3.63) is 16.5 Å². The van der Waals surface area contributed by atoms with Crippen LogP contribution in [0.2, 0.25) is 5.15 Å². The molecule has 2 atom stereocenters. The van der Waals surface area contributed by atoms with Crippen LogP contribution in [0.1, 0.15) is 63.8 Å². The predicted octanol–water partition coefficient (Wildman–Crippen LogP) is 4.77. The van der Waals surface area contributed by atoms with E-state index in [1.54, 1.807) is 0 Å². The van der Waals surface area contributed by atoms with Gasteiger partial charge in [0.15, 0.2) is 0 Å². The number of hydrogen-bond donors (Lipinski definition) is 1. The molecule has 1 aliphatic carbocycles. The second-order valence-corrected chi connectivity index (χ2v) is 6.29. The van der Waals surface area contributed by atoms with E-state index in [9.17, 15) is 0 Å². The van der Waals surface area contributed by atoms with Crippen molar-refractivity contribution >= 4 is 17.4 Å². The Bertz CT molecular complexity index is 448. The lowest BCUT2D eigenvalue weighted by molar-refractivity contribution is 0.327. The molecule has 1 aliphatic rings. The second kappa shape index (κ2) is 7.26. The average Bonchev–Trinajstić information content (AvgIpc) is 2.45. The third kappa shape index (κ3) is 3.85. The lowest BCUT2D eigenvalue weighted by Crippen LogP contribution is -2.28. The number of nitrogens with zero attached hydrogens (tertiary/aromatic N) is 2. The zero-order valence-corrected chi connectivity index (χ0v) is 13.6. The van der Waals surface area contributed by atoms with Crippen LogP contribution in [0.3, 0.4) is 0 Å². The standard InChI is InChI=1S/C16H26ClN3/c1-4-7-14-19-15(17)11(3)16(20-14)18-13-9-6-8-12(5-2)10-13/h12-13H,4-10H2,1-3H3,(H,18,19,20). The van der Waals surface area contributed by atoms with Gasteiger partial charge in [0.25, 0.3) is 0 Å². The molecular formula is C16H26ClN3. The number of rotatable bonds is 5. The van der Waals surface area contributed by atoms with Crippen LogP contribution in [0.4, 0.5) is 5.82 Å². The van der Waals surface area contributed by atoms with Gasteiger partial charge in [0.1, 0.15) is 16.8 Å². The third-order valence-electron chi connectivity index (χ3n) is 4.31. The highest BCUT2D eigenvalue weighted by atomic mass is 35.5. The molecule has 0 bridgehead atoms. The van der Waals surface area contributed by atoms with Crippen LogP contribution < -0.4 is 5.32 Å². The lowest BCUT2D eigenvalue weighted by atomic mass is 9.84. The third-order valence-corrected chi connectivity index (χ3v) is 4.68.